The number of aromatic nitrogens is 2. The predicted molar refractivity (Wildman–Crippen MR) is 73.6 cm³/mol. The zero-order valence-electron chi connectivity index (χ0n) is 11.3. The van der Waals surface area contributed by atoms with Crippen LogP contribution in [0.25, 0.3) is 11.3 Å². The first-order valence-corrected chi connectivity index (χ1v) is 6.47. The molecule has 6 nitrogen and oxygen atoms in total. The van der Waals surface area contributed by atoms with E-state index in [4.69, 9.17) is 19.9 Å². The van der Waals surface area contributed by atoms with Crippen LogP contribution in [0.15, 0.2) is 24.4 Å². The first-order valence-electron chi connectivity index (χ1n) is 6.47. The fourth-order valence-corrected chi connectivity index (χ4v) is 2.12. The molecule has 0 spiro atoms. The number of imidazole rings is 1. The Balaban J connectivity index is 1.79. The van der Waals surface area contributed by atoms with Crippen LogP contribution in [0.2, 0.25) is 0 Å². The van der Waals surface area contributed by atoms with Gasteiger partial charge in [0.15, 0.2) is 11.5 Å². The average molecular weight is 275 g/mol. The molecule has 1 aromatic heterocycles. The Morgan fingerprint density at radius 2 is 2.25 bits per heavy atom. The van der Waals surface area contributed by atoms with Gasteiger partial charge >= 0.3 is 0 Å². The lowest BCUT2D eigenvalue weighted by molar-refractivity contribution is 0.174. The summed E-state index contributed by atoms with van der Waals surface area (Å²) in [6.07, 6.45) is 2.50. The van der Waals surface area contributed by atoms with E-state index in [0.717, 1.165) is 35.0 Å². The van der Waals surface area contributed by atoms with Gasteiger partial charge in [0, 0.05) is 19.3 Å². The molecule has 2 aromatic rings. The summed E-state index contributed by atoms with van der Waals surface area (Å²) < 4.78 is 15.7. The third kappa shape index (κ3) is 2.48. The molecule has 1 aromatic carbocycles. The Bertz CT molecular complexity index is 597. The second-order valence-corrected chi connectivity index (χ2v) is 4.64. The lowest BCUT2D eigenvalue weighted by Gasteiger charge is -2.07. The van der Waals surface area contributed by atoms with Crippen molar-refractivity contribution in [1.29, 1.82) is 0 Å². The van der Waals surface area contributed by atoms with E-state index in [0.29, 0.717) is 6.61 Å². The zero-order chi connectivity index (χ0) is 13.9. The molecule has 106 valence electrons. The molecule has 1 unspecified atom stereocenters. The zero-order valence-corrected chi connectivity index (χ0v) is 11.3. The van der Waals surface area contributed by atoms with E-state index < -0.39 is 0 Å². The van der Waals surface area contributed by atoms with Gasteiger partial charge in [-0.15, -0.1) is 0 Å². The Kier molecular flexibility index (Phi) is 3.58. The van der Waals surface area contributed by atoms with Crippen LogP contribution in [-0.2, 0) is 4.74 Å². The number of nitrogens with zero attached hydrogens (tertiary/aromatic N) is 1. The van der Waals surface area contributed by atoms with Gasteiger partial charge in [-0.3, -0.25) is 0 Å². The van der Waals surface area contributed by atoms with Gasteiger partial charge in [-0.25, -0.2) is 4.98 Å². The molecule has 2 heterocycles. The van der Waals surface area contributed by atoms with Gasteiger partial charge in [-0.1, -0.05) is 0 Å². The van der Waals surface area contributed by atoms with Gasteiger partial charge in [0.25, 0.3) is 0 Å². The molecule has 0 saturated carbocycles. The first-order chi connectivity index (χ1) is 9.78. The number of fused-ring (bicyclic) bond motifs is 1. The SMILES string of the molecule is COCCC(N)c1ncc(-c2ccc3c(c2)OCO3)[nH]1. The summed E-state index contributed by atoms with van der Waals surface area (Å²) in [5.41, 5.74) is 7.95. The smallest absolute Gasteiger partial charge is 0.231 e. The number of H-pyrrole nitrogens is 1. The highest BCUT2D eigenvalue weighted by Gasteiger charge is 2.16. The van der Waals surface area contributed by atoms with E-state index in [1.165, 1.54) is 0 Å². The van der Waals surface area contributed by atoms with Gasteiger partial charge in [0.1, 0.15) is 5.82 Å². The van der Waals surface area contributed by atoms with Crippen LogP contribution in [0, 0.1) is 0 Å². The quantitative estimate of drug-likeness (QED) is 0.870. The molecule has 1 aliphatic rings. The number of rotatable bonds is 5. The molecular weight excluding hydrogens is 258 g/mol. The van der Waals surface area contributed by atoms with Crippen molar-refractivity contribution in [3.63, 3.8) is 0 Å². The Morgan fingerprint density at radius 1 is 1.40 bits per heavy atom. The van der Waals surface area contributed by atoms with E-state index in [1.54, 1.807) is 13.3 Å². The Hall–Kier alpha value is -2.05. The third-order valence-electron chi connectivity index (χ3n) is 3.26. The summed E-state index contributed by atoms with van der Waals surface area (Å²) in [7, 11) is 1.66. The number of benzene rings is 1. The summed E-state index contributed by atoms with van der Waals surface area (Å²) in [6, 6.07) is 5.63. The van der Waals surface area contributed by atoms with Crippen LogP contribution in [0.4, 0.5) is 0 Å². The molecule has 0 radical (unpaired) electrons. The lowest BCUT2D eigenvalue weighted by Crippen LogP contribution is -2.14. The number of methoxy groups -OCH3 is 1. The minimum Gasteiger partial charge on any atom is -0.454 e. The number of nitrogens with one attached hydrogen (secondary N) is 1. The second kappa shape index (κ2) is 5.52. The summed E-state index contributed by atoms with van der Waals surface area (Å²) in [5, 5.41) is 0. The van der Waals surface area contributed by atoms with Crippen molar-refractivity contribution < 1.29 is 14.2 Å². The predicted octanol–water partition coefficient (Wildman–Crippen LogP) is 1.84. The summed E-state index contributed by atoms with van der Waals surface area (Å²) in [4.78, 5) is 7.57. The monoisotopic (exact) mass is 275 g/mol. The third-order valence-corrected chi connectivity index (χ3v) is 3.26. The van der Waals surface area contributed by atoms with Crippen molar-refractivity contribution in [2.75, 3.05) is 20.5 Å². The summed E-state index contributed by atoms with van der Waals surface area (Å²) >= 11 is 0. The Morgan fingerprint density at radius 3 is 3.10 bits per heavy atom. The number of nitrogens with two attached hydrogens (primary N) is 1. The first kappa shape index (κ1) is 13.0. The van der Waals surface area contributed by atoms with Crippen molar-refractivity contribution in [1.82, 2.24) is 9.97 Å². The van der Waals surface area contributed by atoms with E-state index in [2.05, 4.69) is 9.97 Å². The Labute approximate surface area is 116 Å². The van der Waals surface area contributed by atoms with Gasteiger partial charge in [-0.2, -0.15) is 0 Å². The normalized spacial score (nSPS) is 14.5. The fourth-order valence-electron chi connectivity index (χ4n) is 2.12. The van der Waals surface area contributed by atoms with Gasteiger partial charge in [0.05, 0.1) is 17.9 Å². The standard InChI is InChI=1S/C14H17N3O3/c1-18-5-4-10(15)14-16-7-11(17-14)9-2-3-12-13(6-9)20-8-19-12/h2-3,6-7,10H,4-5,8,15H2,1H3,(H,16,17). The molecule has 0 amide bonds. The molecule has 0 fully saturated rings. The molecule has 20 heavy (non-hydrogen) atoms. The number of hydrogen-bond donors (Lipinski definition) is 2. The van der Waals surface area contributed by atoms with Crippen LogP contribution >= 0.6 is 0 Å². The van der Waals surface area contributed by atoms with E-state index in [1.807, 2.05) is 18.2 Å². The van der Waals surface area contributed by atoms with Crippen LogP contribution in [-0.4, -0.2) is 30.5 Å². The van der Waals surface area contributed by atoms with Crippen molar-refractivity contribution in [3.05, 3.63) is 30.2 Å². The fraction of sp³-hybridized carbons (Fsp3) is 0.357. The highest BCUT2D eigenvalue weighted by molar-refractivity contribution is 5.64. The molecule has 3 N–H and O–H groups in total. The summed E-state index contributed by atoms with van der Waals surface area (Å²) in [6.45, 7) is 0.885. The number of aromatic amines is 1. The van der Waals surface area contributed by atoms with E-state index in [-0.39, 0.29) is 12.8 Å². The average Bonchev–Trinajstić information content (AvgIpc) is 3.12. The molecule has 1 atom stereocenters. The number of ether oxygens (including phenoxy) is 3. The maximum Gasteiger partial charge on any atom is 0.231 e. The highest BCUT2D eigenvalue weighted by atomic mass is 16.7. The molecule has 0 saturated heterocycles. The molecule has 6 heteroatoms. The van der Waals surface area contributed by atoms with Crippen LogP contribution in [0.3, 0.4) is 0 Å². The minimum atomic E-state index is -0.155. The molecule has 0 bridgehead atoms. The molecular formula is C14H17N3O3. The van der Waals surface area contributed by atoms with Crippen molar-refractivity contribution in [2.24, 2.45) is 5.73 Å². The molecule has 1 aliphatic heterocycles. The summed E-state index contributed by atoms with van der Waals surface area (Å²) in [5.74, 6) is 2.28. The highest BCUT2D eigenvalue weighted by Crippen LogP contribution is 2.35. The van der Waals surface area contributed by atoms with E-state index in [9.17, 15) is 0 Å². The minimum absolute atomic E-state index is 0.155. The second-order valence-electron chi connectivity index (χ2n) is 4.64. The largest absolute Gasteiger partial charge is 0.454 e. The topological polar surface area (TPSA) is 82.4 Å². The molecule has 3 rings (SSSR count). The molecule has 0 aliphatic carbocycles. The van der Waals surface area contributed by atoms with Gasteiger partial charge in [-0.05, 0) is 24.6 Å². The van der Waals surface area contributed by atoms with Crippen LogP contribution in [0.5, 0.6) is 11.5 Å². The van der Waals surface area contributed by atoms with Gasteiger partial charge in [0.2, 0.25) is 6.79 Å². The van der Waals surface area contributed by atoms with Crippen molar-refractivity contribution in [3.8, 4) is 22.8 Å². The van der Waals surface area contributed by atoms with Crippen LogP contribution < -0.4 is 15.2 Å². The van der Waals surface area contributed by atoms with Crippen LogP contribution in [0.1, 0.15) is 18.3 Å². The number of hydrogen-bond acceptors (Lipinski definition) is 5. The maximum absolute atomic E-state index is 6.04. The maximum atomic E-state index is 6.04. The lowest BCUT2D eigenvalue weighted by atomic mass is 10.1. The van der Waals surface area contributed by atoms with Gasteiger partial charge < -0.3 is 24.9 Å². The van der Waals surface area contributed by atoms with E-state index >= 15 is 0 Å². The van der Waals surface area contributed by atoms with Crippen molar-refractivity contribution >= 4 is 0 Å². The van der Waals surface area contributed by atoms with Crippen molar-refractivity contribution in [2.45, 2.75) is 12.5 Å².